The topological polar surface area (TPSA) is 87.4 Å². The SMILES string of the molecule is CCOC(=O)[C@@]1(C#N)[C@@H](c2cccc(Br)c2)C[C@](O)(c2ccc(Cl)cc2)[C@H](C(=O)c2ccc(Cl)cc2)[C@@H]1c1cccc(Br)c1. The monoisotopic (exact) mass is 753 g/mol. The van der Waals surface area contributed by atoms with Crippen LogP contribution in [-0.4, -0.2) is 23.5 Å². The van der Waals surface area contributed by atoms with Gasteiger partial charge in [0.15, 0.2) is 11.2 Å². The molecule has 0 aromatic heterocycles. The van der Waals surface area contributed by atoms with Crippen LogP contribution in [0.4, 0.5) is 0 Å². The highest BCUT2D eigenvalue weighted by Crippen LogP contribution is 2.64. The van der Waals surface area contributed by atoms with Crippen molar-refractivity contribution in [2.45, 2.75) is 30.8 Å². The fourth-order valence-corrected chi connectivity index (χ4v) is 7.61. The standard InChI is InChI=1S/C35H27Br2Cl2NO4/c1-2-44-33(42)34(20-40)29(22-5-3-7-25(36)17-22)19-35(43,24-11-15-28(39)16-12-24)31(30(34)23-6-4-8-26(37)18-23)32(41)21-9-13-27(38)14-10-21/h3-18,29-31,43H,2,19H2,1H3/t29-,30+,31+,34+,35+/m1/s1. The first-order valence-electron chi connectivity index (χ1n) is 13.9. The number of hydrogen-bond acceptors (Lipinski definition) is 5. The minimum Gasteiger partial charge on any atom is -0.465 e. The average molecular weight is 756 g/mol. The lowest BCUT2D eigenvalue weighted by Crippen LogP contribution is -2.59. The molecule has 1 fully saturated rings. The second-order valence-electron chi connectivity index (χ2n) is 10.8. The molecule has 1 aliphatic rings. The van der Waals surface area contributed by atoms with Gasteiger partial charge < -0.3 is 9.84 Å². The molecule has 0 unspecified atom stereocenters. The number of nitriles is 1. The van der Waals surface area contributed by atoms with Gasteiger partial charge in [0.05, 0.1) is 18.6 Å². The van der Waals surface area contributed by atoms with Crippen LogP contribution in [0, 0.1) is 22.7 Å². The highest BCUT2D eigenvalue weighted by Gasteiger charge is 2.67. The maximum Gasteiger partial charge on any atom is 0.327 e. The van der Waals surface area contributed by atoms with E-state index in [0.29, 0.717) is 31.2 Å². The molecule has 5 nitrogen and oxygen atoms in total. The third-order valence-corrected chi connectivity index (χ3v) is 9.91. The molecule has 0 saturated heterocycles. The summed E-state index contributed by atoms with van der Waals surface area (Å²) in [5.74, 6) is -4.54. The number of ether oxygens (including phenoxy) is 1. The molecule has 0 radical (unpaired) electrons. The Balaban J connectivity index is 1.91. The molecule has 5 atom stereocenters. The van der Waals surface area contributed by atoms with Gasteiger partial charge in [-0.25, -0.2) is 0 Å². The third kappa shape index (κ3) is 5.87. The molecule has 4 aromatic carbocycles. The number of benzene rings is 4. The first-order valence-corrected chi connectivity index (χ1v) is 16.3. The van der Waals surface area contributed by atoms with E-state index in [0.717, 1.165) is 4.47 Å². The molecule has 1 saturated carbocycles. The zero-order valence-corrected chi connectivity index (χ0v) is 28.2. The molecule has 0 spiro atoms. The minimum atomic E-state index is -1.91. The van der Waals surface area contributed by atoms with E-state index in [1.807, 2.05) is 30.3 Å². The summed E-state index contributed by atoms with van der Waals surface area (Å²) in [6, 6.07) is 29.9. The molecule has 9 heteroatoms. The lowest BCUT2D eigenvalue weighted by atomic mass is 9.47. The maximum atomic E-state index is 14.8. The molecule has 44 heavy (non-hydrogen) atoms. The molecular formula is C35H27Br2Cl2NO4. The molecule has 0 amide bonds. The first kappa shape index (κ1) is 32.4. The molecule has 4 aromatic rings. The van der Waals surface area contributed by atoms with Crippen molar-refractivity contribution in [3.63, 3.8) is 0 Å². The van der Waals surface area contributed by atoms with E-state index in [1.54, 1.807) is 73.7 Å². The molecule has 0 heterocycles. The Bertz CT molecular complexity index is 1740. The first-order chi connectivity index (χ1) is 21.0. The van der Waals surface area contributed by atoms with Crippen molar-refractivity contribution in [3.8, 4) is 6.07 Å². The Morgan fingerprint density at radius 1 is 0.909 bits per heavy atom. The van der Waals surface area contributed by atoms with Crippen LogP contribution in [0.25, 0.3) is 0 Å². The number of carbonyl (C=O) groups is 2. The number of halogens is 4. The zero-order valence-electron chi connectivity index (χ0n) is 23.5. The molecule has 1 N–H and O–H groups in total. The predicted octanol–water partition coefficient (Wildman–Crippen LogP) is 9.25. The van der Waals surface area contributed by atoms with Gasteiger partial charge >= 0.3 is 5.97 Å². The van der Waals surface area contributed by atoms with Gasteiger partial charge in [-0.1, -0.05) is 91.5 Å². The van der Waals surface area contributed by atoms with Gasteiger partial charge in [0.25, 0.3) is 0 Å². The van der Waals surface area contributed by atoms with Crippen molar-refractivity contribution in [3.05, 3.63) is 138 Å². The summed E-state index contributed by atoms with van der Waals surface area (Å²) in [5.41, 5.74) is -1.89. The molecule has 224 valence electrons. The number of ketones is 1. The van der Waals surface area contributed by atoms with Gasteiger partial charge in [0.1, 0.15) is 5.60 Å². The van der Waals surface area contributed by atoms with Gasteiger partial charge in [-0.15, -0.1) is 0 Å². The second kappa shape index (κ2) is 13.2. The summed E-state index contributed by atoms with van der Waals surface area (Å²) in [6.07, 6.45) is -0.133. The maximum absolute atomic E-state index is 14.8. The Labute approximate surface area is 283 Å². The largest absolute Gasteiger partial charge is 0.465 e. The van der Waals surface area contributed by atoms with E-state index >= 15 is 0 Å². The number of esters is 1. The van der Waals surface area contributed by atoms with Crippen molar-refractivity contribution >= 4 is 66.8 Å². The second-order valence-corrected chi connectivity index (χ2v) is 13.5. The summed E-state index contributed by atoms with van der Waals surface area (Å²) in [4.78, 5) is 29.1. The van der Waals surface area contributed by atoms with Crippen LogP contribution >= 0.6 is 55.1 Å². The van der Waals surface area contributed by atoms with Crippen LogP contribution in [0.1, 0.15) is 52.2 Å². The highest BCUT2D eigenvalue weighted by molar-refractivity contribution is 9.10. The van der Waals surface area contributed by atoms with Crippen LogP contribution in [-0.2, 0) is 15.1 Å². The molecule has 0 bridgehead atoms. The van der Waals surface area contributed by atoms with Crippen LogP contribution in [0.2, 0.25) is 10.0 Å². The van der Waals surface area contributed by atoms with Gasteiger partial charge in [-0.3, -0.25) is 9.59 Å². The molecular weight excluding hydrogens is 729 g/mol. The summed E-state index contributed by atoms with van der Waals surface area (Å²) >= 11 is 19.5. The van der Waals surface area contributed by atoms with Crippen LogP contribution in [0.15, 0.2) is 106 Å². The summed E-state index contributed by atoms with van der Waals surface area (Å²) in [6.45, 7) is 1.70. The number of aliphatic hydroxyl groups is 1. The third-order valence-electron chi connectivity index (χ3n) is 8.42. The number of nitrogens with zero attached hydrogens (tertiary/aromatic N) is 1. The Morgan fingerprint density at radius 3 is 2.00 bits per heavy atom. The van der Waals surface area contributed by atoms with Gasteiger partial charge in [0, 0.05) is 36.4 Å². The van der Waals surface area contributed by atoms with E-state index < -0.39 is 40.5 Å². The van der Waals surface area contributed by atoms with Crippen molar-refractivity contribution in [1.29, 1.82) is 5.26 Å². The van der Waals surface area contributed by atoms with E-state index in [9.17, 15) is 20.0 Å². The number of hydrogen-bond donors (Lipinski definition) is 1. The highest BCUT2D eigenvalue weighted by atomic mass is 79.9. The number of rotatable bonds is 7. The van der Waals surface area contributed by atoms with Crippen molar-refractivity contribution in [2.24, 2.45) is 11.3 Å². The lowest BCUT2D eigenvalue weighted by Gasteiger charge is -2.54. The summed E-state index contributed by atoms with van der Waals surface area (Å²) in [7, 11) is 0. The smallest absolute Gasteiger partial charge is 0.327 e. The molecule has 1 aliphatic carbocycles. The Morgan fingerprint density at radius 2 is 1.45 bits per heavy atom. The van der Waals surface area contributed by atoms with E-state index in [4.69, 9.17) is 27.9 Å². The van der Waals surface area contributed by atoms with Crippen molar-refractivity contribution in [2.75, 3.05) is 6.61 Å². The number of carbonyl (C=O) groups excluding carboxylic acids is 2. The molecule has 0 aliphatic heterocycles. The normalized spacial score (nSPS) is 24.7. The van der Waals surface area contributed by atoms with Gasteiger partial charge in [-0.2, -0.15) is 5.26 Å². The number of Topliss-reactive ketones (excluding diaryl/α,β-unsaturated/α-hetero) is 1. The van der Waals surface area contributed by atoms with Crippen molar-refractivity contribution in [1.82, 2.24) is 0 Å². The Hall–Kier alpha value is -2.99. The minimum absolute atomic E-state index is 0.0237. The fourth-order valence-electron chi connectivity index (χ4n) is 6.52. The van der Waals surface area contributed by atoms with Gasteiger partial charge in [0.2, 0.25) is 0 Å². The van der Waals surface area contributed by atoms with Crippen molar-refractivity contribution < 1.29 is 19.4 Å². The molecule has 5 rings (SSSR count). The van der Waals surface area contributed by atoms with E-state index in [2.05, 4.69) is 37.9 Å². The summed E-state index contributed by atoms with van der Waals surface area (Å²) in [5, 5.41) is 25.2. The fraction of sp³-hybridized carbons (Fsp3) is 0.229. The lowest BCUT2D eigenvalue weighted by molar-refractivity contribution is -0.164. The van der Waals surface area contributed by atoms with Crippen LogP contribution in [0.5, 0.6) is 0 Å². The van der Waals surface area contributed by atoms with Crippen LogP contribution < -0.4 is 0 Å². The summed E-state index contributed by atoms with van der Waals surface area (Å²) < 4.78 is 7.08. The van der Waals surface area contributed by atoms with Gasteiger partial charge in [-0.05, 0) is 90.7 Å². The van der Waals surface area contributed by atoms with E-state index in [1.165, 1.54) is 0 Å². The quantitative estimate of drug-likeness (QED) is 0.150. The average Bonchev–Trinajstić information content (AvgIpc) is 3.01. The Kier molecular flexibility index (Phi) is 9.69. The zero-order chi connectivity index (χ0) is 31.6. The van der Waals surface area contributed by atoms with Crippen LogP contribution in [0.3, 0.4) is 0 Å². The predicted molar refractivity (Wildman–Crippen MR) is 178 cm³/mol. The van der Waals surface area contributed by atoms with E-state index in [-0.39, 0.29) is 18.6 Å².